The van der Waals surface area contributed by atoms with E-state index in [1.807, 2.05) is 17.5 Å². The predicted octanol–water partition coefficient (Wildman–Crippen LogP) is 4.63. The summed E-state index contributed by atoms with van der Waals surface area (Å²) in [6, 6.07) is 7.32. The van der Waals surface area contributed by atoms with Gasteiger partial charge in [-0.3, -0.25) is 0 Å². The van der Waals surface area contributed by atoms with Gasteiger partial charge in [0.05, 0.1) is 42.0 Å². The van der Waals surface area contributed by atoms with Crippen LogP contribution in [0.15, 0.2) is 45.5 Å². The molecule has 1 aliphatic heterocycles. The molecule has 0 spiro atoms. The first kappa shape index (κ1) is 22.4. The Balaban J connectivity index is 1.81. The lowest BCUT2D eigenvalue weighted by atomic mass is 10.1. The number of carbonyl (C=O) groups is 1. The van der Waals surface area contributed by atoms with Crippen LogP contribution in [0.3, 0.4) is 0 Å². The van der Waals surface area contributed by atoms with E-state index in [-0.39, 0.29) is 6.61 Å². The van der Waals surface area contributed by atoms with E-state index in [2.05, 4.69) is 10.2 Å². The highest BCUT2D eigenvalue weighted by Crippen LogP contribution is 2.37. The average molecular weight is 491 g/mol. The number of thiophene rings is 1. The van der Waals surface area contributed by atoms with E-state index in [0.29, 0.717) is 50.1 Å². The molecule has 0 aliphatic carbocycles. The predicted molar refractivity (Wildman–Crippen MR) is 126 cm³/mol. The van der Waals surface area contributed by atoms with Gasteiger partial charge in [-0.15, -0.1) is 21.5 Å². The number of rotatable bonds is 7. The summed E-state index contributed by atoms with van der Waals surface area (Å²) >= 11 is 9.34. The zero-order valence-corrected chi connectivity index (χ0v) is 19.9. The zero-order valence-electron chi connectivity index (χ0n) is 17.5. The summed E-state index contributed by atoms with van der Waals surface area (Å²) in [6.45, 7) is 1.99. The van der Waals surface area contributed by atoms with Gasteiger partial charge in [0, 0.05) is 5.75 Å². The van der Waals surface area contributed by atoms with Crippen LogP contribution >= 0.6 is 34.7 Å². The van der Waals surface area contributed by atoms with Crippen molar-refractivity contribution in [1.82, 2.24) is 14.9 Å². The van der Waals surface area contributed by atoms with Gasteiger partial charge in [-0.2, -0.15) is 9.78 Å². The molecule has 166 valence electrons. The second-order valence-electron chi connectivity index (χ2n) is 6.45. The maximum atomic E-state index is 12.9. The summed E-state index contributed by atoms with van der Waals surface area (Å²) in [6.07, 6.45) is 1.69. The SMILES string of the molecule is CCOC(=O)/C(=C\c1cc(Cl)c(OC)c(OC)c1)C1=Nn2c(nnc2-c2cccs2)SC1. The van der Waals surface area contributed by atoms with Crippen molar-refractivity contribution in [2.75, 3.05) is 26.6 Å². The van der Waals surface area contributed by atoms with Crippen LogP contribution in [-0.2, 0) is 9.53 Å². The van der Waals surface area contributed by atoms with Gasteiger partial charge in [0.15, 0.2) is 17.3 Å². The fourth-order valence-electron chi connectivity index (χ4n) is 3.08. The van der Waals surface area contributed by atoms with Crippen LogP contribution < -0.4 is 9.47 Å². The molecule has 3 aromatic rings. The van der Waals surface area contributed by atoms with E-state index < -0.39 is 5.97 Å². The first-order valence-corrected chi connectivity index (χ1v) is 11.8. The molecule has 4 rings (SSSR count). The molecular formula is C21H19ClN4O4S2. The molecule has 3 heterocycles. The first-order valence-electron chi connectivity index (χ1n) is 9.56. The molecule has 8 nitrogen and oxygen atoms in total. The Kier molecular flexibility index (Phi) is 6.83. The number of hydrogen-bond donors (Lipinski definition) is 0. The third-order valence-electron chi connectivity index (χ3n) is 4.49. The van der Waals surface area contributed by atoms with Crippen LogP contribution in [0.4, 0.5) is 0 Å². The van der Waals surface area contributed by atoms with Gasteiger partial charge >= 0.3 is 5.97 Å². The molecule has 0 saturated carbocycles. The van der Waals surface area contributed by atoms with Crippen molar-refractivity contribution in [3.05, 3.63) is 45.8 Å². The molecule has 0 saturated heterocycles. The number of hydrogen-bond acceptors (Lipinski definition) is 9. The molecule has 1 aromatic carbocycles. The number of thioether (sulfide) groups is 1. The third kappa shape index (κ3) is 4.38. The van der Waals surface area contributed by atoms with Crippen molar-refractivity contribution in [2.24, 2.45) is 5.10 Å². The highest BCUT2D eigenvalue weighted by atomic mass is 35.5. The van der Waals surface area contributed by atoms with Gasteiger partial charge in [-0.1, -0.05) is 29.4 Å². The Labute approximate surface area is 197 Å². The van der Waals surface area contributed by atoms with Gasteiger partial charge in [-0.05, 0) is 42.1 Å². The molecule has 0 atom stereocenters. The maximum absolute atomic E-state index is 12.9. The number of fused-ring (bicyclic) bond motifs is 1. The summed E-state index contributed by atoms with van der Waals surface area (Å²) in [4.78, 5) is 13.8. The minimum Gasteiger partial charge on any atom is -0.493 e. The lowest BCUT2D eigenvalue weighted by Crippen LogP contribution is -2.21. The van der Waals surface area contributed by atoms with Crippen molar-refractivity contribution >= 4 is 52.5 Å². The fourth-order valence-corrected chi connectivity index (χ4v) is 4.89. The smallest absolute Gasteiger partial charge is 0.340 e. The van der Waals surface area contributed by atoms with Crippen LogP contribution in [0.5, 0.6) is 11.5 Å². The lowest BCUT2D eigenvalue weighted by molar-refractivity contribution is -0.137. The molecule has 0 N–H and O–H groups in total. The van der Waals surface area contributed by atoms with Crippen LogP contribution in [0.25, 0.3) is 16.8 Å². The van der Waals surface area contributed by atoms with Crippen LogP contribution in [0.1, 0.15) is 12.5 Å². The number of nitrogens with zero attached hydrogens (tertiary/aromatic N) is 4. The number of methoxy groups -OCH3 is 2. The van der Waals surface area contributed by atoms with E-state index in [1.54, 1.807) is 41.1 Å². The highest BCUT2D eigenvalue weighted by Gasteiger charge is 2.26. The van der Waals surface area contributed by atoms with Crippen molar-refractivity contribution in [1.29, 1.82) is 0 Å². The number of ether oxygens (including phenoxy) is 3. The molecule has 0 radical (unpaired) electrons. The molecule has 0 bridgehead atoms. The summed E-state index contributed by atoms with van der Waals surface area (Å²) in [5.41, 5.74) is 1.51. The monoisotopic (exact) mass is 490 g/mol. The molecular weight excluding hydrogens is 472 g/mol. The summed E-state index contributed by atoms with van der Waals surface area (Å²) < 4.78 is 17.6. The summed E-state index contributed by atoms with van der Waals surface area (Å²) in [5.74, 6) is 1.46. The second kappa shape index (κ2) is 9.76. The Morgan fingerprint density at radius 2 is 2.12 bits per heavy atom. The van der Waals surface area contributed by atoms with Crippen LogP contribution in [0.2, 0.25) is 5.02 Å². The molecule has 0 fully saturated rings. The molecule has 1 aliphatic rings. The molecule has 2 aromatic heterocycles. The Hall–Kier alpha value is -2.82. The van der Waals surface area contributed by atoms with E-state index in [0.717, 1.165) is 4.88 Å². The minimum absolute atomic E-state index is 0.238. The molecule has 0 amide bonds. The Morgan fingerprint density at radius 1 is 1.28 bits per heavy atom. The number of aromatic nitrogens is 3. The van der Waals surface area contributed by atoms with Crippen molar-refractivity contribution in [3.8, 4) is 22.2 Å². The Bertz CT molecular complexity index is 1200. The quantitative estimate of drug-likeness (QED) is 0.352. The fraction of sp³-hybridized carbons (Fsp3) is 0.238. The van der Waals surface area contributed by atoms with Crippen LogP contribution in [-0.4, -0.2) is 53.1 Å². The van der Waals surface area contributed by atoms with E-state index in [1.165, 1.54) is 26.0 Å². The van der Waals surface area contributed by atoms with Gasteiger partial charge < -0.3 is 14.2 Å². The van der Waals surface area contributed by atoms with Gasteiger partial charge in [0.25, 0.3) is 0 Å². The third-order valence-corrected chi connectivity index (χ3v) is 6.56. The normalized spacial score (nSPS) is 13.4. The molecule has 0 unspecified atom stereocenters. The lowest BCUT2D eigenvalue weighted by Gasteiger charge is -2.16. The number of benzene rings is 1. The van der Waals surface area contributed by atoms with Crippen molar-refractivity contribution < 1.29 is 19.0 Å². The number of halogens is 1. The van der Waals surface area contributed by atoms with E-state index in [9.17, 15) is 4.79 Å². The first-order chi connectivity index (χ1) is 15.5. The zero-order chi connectivity index (χ0) is 22.7. The molecule has 11 heteroatoms. The van der Waals surface area contributed by atoms with Crippen LogP contribution in [0, 0.1) is 0 Å². The van der Waals surface area contributed by atoms with Gasteiger partial charge in [0.2, 0.25) is 5.16 Å². The minimum atomic E-state index is -0.480. The standard InChI is InChI=1S/C21H19ClN4O4S2/c1-4-30-20(27)13(8-12-9-14(22)18(29-3)16(10-12)28-2)15-11-32-21-24-23-19(26(21)25-15)17-6-5-7-31-17/h5-10H,4,11H2,1-3H3/b13-8-. The second-order valence-corrected chi connectivity index (χ2v) is 8.74. The van der Waals surface area contributed by atoms with Crippen molar-refractivity contribution in [2.45, 2.75) is 12.1 Å². The maximum Gasteiger partial charge on any atom is 0.340 e. The van der Waals surface area contributed by atoms with E-state index in [4.69, 9.17) is 30.9 Å². The molecule has 32 heavy (non-hydrogen) atoms. The topological polar surface area (TPSA) is 87.8 Å². The summed E-state index contributed by atoms with van der Waals surface area (Å²) in [5, 5.41) is 16.2. The highest BCUT2D eigenvalue weighted by molar-refractivity contribution is 7.99. The van der Waals surface area contributed by atoms with Crippen molar-refractivity contribution in [3.63, 3.8) is 0 Å². The largest absolute Gasteiger partial charge is 0.493 e. The van der Waals surface area contributed by atoms with E-state index >= 15 is 0 Å². The average Bonchev–Trinajstić information content (AvgIpc) is 3.46. The van der Waals surface area contributed by atoms with Gasteiger partial charge in [0.1, 0.15) is 0 Å². The number of carbonyl (C=O) groups excluding carboxylic acids is 1. The Morgan fingerprint density at radius 3 is 2.81 bits per heavy atom. The van der Waals surface area contributed by atoms with Gasteiger partial charge in [-0.25, -0.2) is 4.79 Å². The summed E-state index contributed by atoms with van der Waals surface area (Å²) in [7, 11) is 3.04. The number of esters is 1.